The van der Waals surface area contributed by atoms with Crippen molar-refractivity contribution in [2.24, 2.45) is 0 Å². The SMILES string of the molecule is O=C1CC(S)CN1c1nc2ccccc2o1. The van der Waals surface area contributed by atoms with Gasteiger partial charge < -0.3 is 4.42 Å². The molecule has 0 radical (unpaired) electrons. The van der Waals surface area contributed by atoms with Gasteiger partial charge in [0.1, 0.15) is 5.52 Å². The fourth-order valence-corrected chi connectivity index (χ4v) is 2.17. The van der Waals surface area contributed by atoms with E-state index in [1.807, 2.05) is 24.3 Å². The van der Waals surface area contributed by atoms with E-state index in [-0.39, 0.29) is 11.2 Å². The maximum absolute atomic E-state index is 11.6. The molecule has 1 amide bonds. The highest BCUT2D eigenvalue weighted by Crippen LogP contribution is 2.26. The Balaban J connectivity index is 2.03. The van der Waals surface area contributed by atoms with Gasteiger partial charge in [-0.05, 0) is 12.1 Å². The van der Waals surface area contributed by atoms with E-state index in [1.165, 1.54) is 0 Å². The average Bonchev–Trinajstić information content (AvgIpc) is 2.81. The maximum atomic E-state index is 11.6. The van der Waals surface area contributed by atoms with Crippen molar-refractivity contribution in [3.63, 3.8) is 0 Å². The Kier molecular flexibility index (Phi) is 2.14. The summed E-state index contributed by atoms with van der Waals surface area (Å²) in [5, 5.41) is 0.0718. The lowest BCUT2D eigenvalue weighted by molar-refractivity contribution is -0.117. The van der Waals surface area contributed by atoms with Gasteiger partial charge in [0.25, 0.3) is 0 Å². The number of aromatic nitrogens is 1. The predicted octanol–water partition coefficient (Wildman–Crippen LogP) is 1.86. The van der Waals surface area contributed by atoms with E-state index in [0.29, 0.717) is 24.6 Å². The maximum Gasteiger partial charge on any atom is 0.305 e. The van der Waals surface area contributed by atoms with Crippen LogP contribution in [-0.4, -0.2) is 22.7 Å². The van der Waals surface area contributed by atoms with Gasteiger partial charge in [-0.25, -0.2) is 0 Å². The molecule has 5 heteroatoms. The van der Waals surface area contributed by atoms with Crippen molar-refractivity contribution in [2.75, 3.05) is 11.4 Å². The van der Waals surface area contributed by atoms with Gasteiger partial charge in [0, 0.05) is 18.2 Å². The molecule has 0 N–H and O–H groups in total. The number of amides is 1. The molecule has 1 fully saturated rings. The van der Waals surface area contributed by atoms with Crippen LogP contribution in [0.15, 0.2) is 28.7 Å². The minimum absolute atomic E-state index is 0.0200. The Morgan fingerprint density at radius 3 is 2.94 bits per heavy atom. The van der Waals surface area contributed by atoms with Gasteiger partial charge in [-0.3, -0.25) is 9.69 Å². The van der Waals surface area contributed by atoms with Crippen LogP contribution < -0.4 is 4.90 Å². The van der Waals surface area contributed by atoms with Crippen molar-refractivity contribution in [2.45, 2.75) is 11.7 Å². The van der Waals surface area contributed by atoms with E-state index < -0.39 is 0 Å². The molecule has 0 aliphatic carbocycles. The highest BCUT2D eigenvalue weighted by atomic mass is 32.1. The zero-order valence-corrected chi connectivity index (χ0v) is 9.35. The van der Waals surface area contributed by atoms with E-state index in [0.717, 1.165) is 5.52 Å². The summed E-state index contributed by atoms with van der Waals surface area (Å²) in [6, 6.07) is 7.85. The largest absolute Gasteiger partial charge is 0.423 e. The Morgan fingerprint density at radius 2 is 2.25 bits per heavy atom. The zero-order chi connectivity index (χ0) is 11.1. The van der Waals surface area contributed by atoms with Crippen LogP contribution in [0.3, 0.4) is 0 Å². The summed E-state index contributed by atoms with van der Waals surface area (Å²) in [6.45, 7) is 0.564. The minimum Gasteiger partial charge on any atom is -0.423 e. The monoisotopic (exact) mass is 234 g/mol. The molecule has 0 spiro atoms. The van der Waals surface area contributed by atoms with Crippen molar-refractivity contribution in [1.29, 1.82) is 0 Å². The molecule has 1 aromatic carbocycles. The second-order valence-electron chi connectivity index (χ2n) is 3.83. The second-order valence-corrected chi connectivity index (χ2v) is 4.56. The van der Waals surface area contributed by atoms with Crippen molar-refractivity contribution in [3.8, 4) is 0 Å². The highest BCUT2D eigenvalue weighted by Gasteiger charge is 2.31. The summed E-state index contributed by atoms with van der Waals surface area (Å²) in [5.41, 5.74) is 1.47. The summed E-state index contributed by atoms with van der Waals surface area (Å²) in [4.78, 5) is 17.5. The van der Waals surface area contributed by atoms with Crippen LogP contribution in [0.2, 0.25) is 0 Å². The lowest BCUT2D eigenvalue weighted by Crippen LogP contribution is -2.24. The normalized spacial score (nSPS) is 20.9. The Morgan fingerprint density at radius 1 is 1.44 bits per heavy atom. The number of rotatable bonds is 1. The van der Waals surface area contributed by atoms with Gasteiger partial charge in [0.05, 0.1) is 0 Å². The fourth-order valence-electron chi connectivity index (χ4n) is 1.85. The standard InChI is InChI=1S/C11H10N2O2S/c14-10-5-7(16)6-13(10)11-12-8-3-1-2-4-9(8)15-11/h1-4,7,16H,5-6H2. The molecule has 3 rings (SSSR count). The molecule has 4 nitrogen and oxygen atoms in total. The molecule has 16 heavy (non-hydrogen) atoms. The summed E-state index contributed by atoms with van der Waals surface area (Å²) in [6.07, 6.45) is 0.446. The average molecular weight is 234 g/mol. The third-order valence-electron chi connectivity index (χ3n) is 2.62. The third kappa shape index (κ3) is 1.48. The van der Waals surface area contributed by atoms with E-state index in [2.05, 4.69) is 17.6 Å². The minimum atomic E-state index is 0.0200. The first-order valence-electron chi connectivity index (χ1n) is 5.08. The lowest BCUT2D eigenvalue weighted by atomic mass is 10.3. The summed E-state index contributed by atoms with van der Waals surface area (Å²) < 4.78 is 5.53. The molecule has 2 aromatic rings. The molecule has 1 saturated heterocycles. The second kappa shape index (κ2) is 3.52. The fraction of sp³-hybridized carbons (Fsp3) is 0.273. The Hall–Kier alpha value is -1.49. The van der Waals surface area contributed by atoms with Crippen LogP contribution in [0.1, 0.15) is 6.42 Å². The van der Waals surface area contributed by atoms with Crippen LogP contribution in [0, 0.1) is 0 Å². The number of nitrogens with zero attached hydrogens (tertiary/aromatic N) is 2. The van der Waals surface area contributed by atoms with E-state index in [9.17, 15) is 4.79 Å². The molecular weight excluding hydrogens is 224 g/mol. The number of anilines is 1. The number of hydrogen-bond donors (Lipinski definition) is 1. The molecular formula is C11H10N2O2S. The third-order valence-corrected chi connectivity index (χ3v) is 2.96. The van der Waals surface area contributed by atoms with Gasteiger partial charge >= 0.3 is 6.01 Å². The predicted molar refractivity (Wildman–Crippen MR) is 63.8 cm³/mol. The number of carbonyl (C=O) groups is 1. The first kappa shape index (κ1) is 9.72. The Labute approximate surface area is 97.7 Å². The number of carbonyl (C=O) groups excluding carboxylic acids is 1. The molecule has 0 bridgehead atoms. The van der Waals surface area contributed by atoms with Crippen molar-refractivity contribution < 1.29 is 9.21 Å². The van der Waals surface area contributed by atoms with E-state index in [1.54, 1.807) is 4.90 Å². The highest BCUT2D eigenvalue weighted by molar-refractivity contribution is 7.81. The van der Waals surface area contributed by atoms with Gasteiger partial charge in [-0.1, -0.05) is 12.1 Å². The van der Waals surface area contributed by atoms with Crippen LogP contribution >= 0.6 is 12.6 Å². The quantitative estimate of drug-likeness (QED) is 0.766. The molecule has 1 aliphatic rings. The smallest absolute Gasteiger partial charge is 0.305 e. The molecule has 1 aliphatic heterocycles. The number of benzene rings is 1. The zero-order valence-electron chi connectivity index (χ0n) is 8.46. The van der Waals surface area contributed by atoms with Crippen LogP contribution in [-0.2, 0) is 4.79 Å². The van der Waals surface area contributed by atoms with Gasteiger partial charge in [-0.15, -0.1) is 0 Å². The number of thiol groups is 1. The van der Waals surface area contributed by atoms with Crippen molar-refractivity contribution in [1.82, 2.24) is 4.98 Å². The van der Waals surface area contributed by atoms with E-state index >= 15 is 0 Å². The molecule has 0 saturated carbocycles. The first-order valence-corrected chi connectivity index (χ1v) is 5.60. The molecule has 1 atom stereocenters. The first-order chi connectivity index (χ1) is 7.74. The molecule has 1 aromatic heterocycles. The number of fused-ring (bicyclic) bond motifs is 1. The van der Waals surface area contributed by atoms with Crippen molar-refractivity contribution >= 4 is 35.7 Å². The topological polar surface area (TPSA) is 46.3 Å². The lowest BCUT2D eigenvalue weighted by Gasteiger charge is -2.09. The summed E-state index contributed by atoms with van der Waals surface area (Å²) in [5.74, 6) is 0.0200. The van der Waals surface area contributed by atoms with Crippen molar-refractivity contribution in [3.05, 3.63) is 24.3 Å². The molecule has 1 unspecified atom stereocenters. The van der Waals surface area contributed by atoms with Crippen LogP contribution in [0.25, 0.3) is 11.1 Å². The van der Waals surface area contributed by atoms with Crippen LogP contribution in [0.5, 0.6) is 0 Å². The Bertz CT molecular complexity index is 519. The summed E-state index contributed by atoms with van der Waals surface area (Å²) >= 11 is 4.29. The van der Waals surface area contributed by atoms with Gasteiger partial charge in [-0.2, -0.15) is 17.6 Å². The molecule has 82 valence electrons. The summed E-state index contributed by atoms with van der Waals surface area (Å²) in [7, 11) is 0. The number of para-hydroxylation sites is 2. The van der Waals surface area contributed by atoms with E-state index in [4.69, 9.17) is 4.42 Å². The number of hydrogen-bond acceptors (Lipinski definition) is 4. The number of oxazole rings is 1. The van der Waals surface area contributed by atoms with Gasteiger partial charge in [0.15, 0.2) is 5.58 Å². The van der Waals surface area contributed by atoms with Gasteiger partial charge in [0.2, 0.25) is 5.91 Å². The van der Waals surface area contributed by atoms with Crippen LogP contribution in [0.4, 0.5) is 6.01 Å². The molecule has 2 heterocycles.